The van der Waals surface area contributed by atoms with Crippen molar-refractivity contribution in [2.45, 2.75) is 12.7 Å². The first-order valence-corrected chi connectivity index (χ1v) is 6.70. The number of halogens is 3. The van der Waals surface area contributed by atoms with E-state index in [1.54, 1.807) is 23.3 Å². The summed E-state index contributed by atoms with van der Waals surface area (Å²) in [5, 5.41) is 6.41. The lowest BCUT2D eigenvalue weighted by Gasteiger charge is -2.19. The zero-order valence-corrected chi connectivity index (χ0v) is 11.7. The Kier molecular flexibility index (Phi) is 4.12. The van der Waals surface area contributed by atoms with E-state index < -0.39 is 11.9 Å². The van der Waals surface area contributed by atoms with E-state index in [9.17, 15) is 13.2 Å². The molecule has 2 aromatic heterocycles. The minimum Gasteiger partial charge on any atom is -0.357 e. The molecule has 20 heavy (non-hydrogen) atoms. The summed E-state index contributed by atoms with van der Waals surface area (Å²) < 4.78 is 38.4. The third-order valence-electron chi connectivity index (χ3n) is 2.62. The highest BCUT2D eigenvalue weighted by atomic mass is 32.1. The van der Waals surface area contributed by atoms with Crippen molar-refractivity contribution < 1.29 is 13.2 Å². The number of hydrogen-bond donors (Lipinski definition) is 1. The van der Waals surface area contributed by atoms with Gasteiger partial charge in [-0.2, -0.15) is 29.5 Å². The van der Waals surface area contributed by atoms with Gasteiger partial charge in [0.25, 0.3) is 0 Å². The van der Waals surface area contributed by atoms with E-state index in [1.807, 2.05) is 16.8 Å². The molecular formula is C12H13F3N4S. The van der Waals surface area contributed by atoms with E-state index in [4.69, 9.17) is 0 Å². The summed E-state index contributed by atoms with van der Waals surface area (Å²) in [4.78, 5) is 9.14. The number of aromatic nitrogens is 2. The summed E-state index contributed by atoms with van der Waals surface area (Å²) in [5.74, 6) is 0.176. The number of alkyl halides is 3. The number of nitrogens with one attached hydrogen (secondary N) is 1. The van der Waals surface area contributed by atoms with Crippen molar-refractivity contribution in [3.05, 3.63) is 34.2 Å². The van der Waals surface area contributed by atoms with Gasteiger partial charge in [-0.15, -0.1) is 0 Å². The van der Waals surface area contributed by atoms with Gasteiger partial charge in [0.2, 0.25) is 5.95 Å². The Morgan fingerprint density at radius 3 is 2.65 bits per heavy atom. The van der Waals surface area contributed by atoms with E-state index >= 15 is 0 Å². The molecule has 0 radical (unpaired) electrons. The molecule has 0 amide bonds. The molecule has 2 heterocycles. The predicted molar refractivity (Wildman–Crippen MR) is 73.0 cm³/mol. The molecule has 0 bridgehead atoms. The van der Waals surface area contributed by atoms with Crippen molar-refractivity contribution in [3.63, 3.8) is 0 Å². The Labute approximate surface area is 118 Å². The van der Waals surface area contributed by atoms with E-state index in [1.165, 1.54) is 7.05 Å². The van der Waals surface area contributed by atoms with E-state index in [0.29, 0.717) is 6.54 Å². The number of thiophene rings is 1. The van der Waals surface area contributed by atoms with E-state index in [-0.39, 0.29) is 11.8 Å². The molecule has 0 aliphatic carbocycles. The lowest BCUT2D eigenvalue weighted by Crippen LogP contribution is -2.20. The molecule has 2 rings (SSSR count). The summed E-state index contributed by atoms with van der Waals surface area (Å²) in [7, 11) is 3.18. The fraction of sp³-hybridized carbons (Fsp3) is 0.333. The number of hydrogen-bond acceptors (Lipinski definition) is 5. The molecule has 4 nitrogen and oxygen atoms in total. The van der Waals surface area contributed by atoms with Crippen LogP contribution in [-0.4, -0.2) is 24.1 Å². The highest BCUT2D eigenvalue weighted by molar-refractivity contribution is 7.07. The van der Waals surface area contributed by atoms with Gasteiger partial charge in [0.1, 0.15) is 5.82 Å². The Morgan fingerprint density at radius 1 is 1.35 bits per heavy atom. The van der Waals surface area contributed by atoms with Crippen LogP contribution in [0.25, 0.3) is 0 Å². The molecule has 0 aromatic carbocycles. The maximum absolute atomic E-state index is 12.8. The fourth-order valence-corrected chi connectivity index (χ4v) is 2.28. The minimum absolute atomic E-state index is 0.0491. The first-order valence-electron chi connectivity index (χ1n) is 5.76. The number of anilines is 2. The maximum Gasteiger partial charge on any atom is 0.433 e. The Balaban J connectivity index is 2.30. The highest BCUT2D eigenvalue weighted by Crippen LogP contribution is 2.30. The zero-order valence-electron chi connectivity index (χ0n) is 10.9. The average Bonchev–Trinajstić information content (AvgIpc) is 2.90. The largest absolute Gasteiger partial charge is 0.433 e. The second-order valence-corrected chi connectivity index (χ2v) is 4.95. The van der Waals surface area contributed by atoms with Gasteiger partial charge in [-0.3, -0.25) is 0 Å². The van der Waals surface area contributed by atoms with E-state index in [0.717, 1.165) is 11.6 Å². The van der Waals surface area contributed by atoms with Crippen LogP contribution in [0.15, 0.2) is 22.9 Å². The van der Waals surface area contributed by atoms with Crippen molar-refractivity contribution in [2.24, 2.45) is 0 Å². The van der Waals surface area contributed by atoms with Gasteiger partial charge in [-0.1, -0.05) is 0 Å². The average molecular weight is 302 g/mol. The smallest absolute Gasteiger partial charge is 0.357 e. The first-order chi connectivity index (χ1) is 9.40. The molecular weight excluding hydrogens is 289 g/mol. The summed E-state index contributed by atoms with van der Waals surface area (Å²) in [5.41, 5.74) is 0.0692. The van der Waals surface area contributed by atoms with Crippen LogP contribution in [0, 0.1) is 0 Å². The molecule has 2 aromatic rings. The summed E-state index contributed by atoms with van der Waals surface area (Å²) in [6, 6.07) is 2.87. The van der Waals surface area contributed by atoms with Gasteiger partial charge in [0.05, 0.1) is 0 Å². The summed E-state index contributed by atoms with van der Waals surface area (Å²) >= 11 is 1.54. The SMILES string of the molecule is CNc1nc(N(C)Cc2ccsc2)cc(C(F)(F)F)n1. The Hall–Kier alpha value is -1.83. The Morgan fingerprint density at radius 2 is 2.10 bits per heavy atom. The molecule has 0 atom stereocenters. The van der Waals surface area contributed by atoms with Gasteiger partial charge in [-0.05, 0) is 22.4 Å². The third-order valence-corrected chi connectivity index (χ3v) is 3.35. The van der Waals surface area contributed by atoms with Crippen LogP contribution in [0.4, 0.5) is 24.9 Å². The lowest BCUT2D eigenvalue weighted by atomic mass is 10.3. The second-order valence-electron chi connectivity index (χ2n) is 4.17. The van der Waals surface area contributed by atoms with Crippen molar-refractivity contribution in [3.8, 4) is 0 Å². The van der Waals surface area contributed by atoms with Crippen LogP contribution in [-0.2, 0) is 12.7 Å². The maximum atomic E-state index is 12.8. The predicted octanol–water partition coefficient (Wildman–Crippen LogP) is 3.24. The molecule has 0 aliphatic heterocycles. The molecule has 108 valence electrons. The van der Waals surface area contributed by atoms with Crippen LogP contribution in [0.1, 0.15) is 11.3 Å². The van der Waals surface area contributed by atoms with Crippen molar-refractivity contribution in [1.82, 2.24) is 9.97 Å². The number of rotatable bonds is 4. The molecule has 0 saturated carbocycles. The molecule has 1 N–H and O–H groups in total. The van der Waals surface area contributed by atoms with Crippen LogP contribution < -0.4 is 10.2 Å². The van der Waals surface area contributed by atoms with Gasteiger partial charge in [0.15, 0.2) is 5.69 Å². The van der Waals surface area contributed by atoms with Crippen molar-refractivity contribution >= 4 is 23.1 Å². The van der Waals surface area contributed by atoms with Gasteiger partial charge in [0, 0.05) is 26.7 Å². The van der Waals surface area contributed by atoms with Crippen molar-refractivity contribution in [1.29, 1.82) is 0 Å². The van der Waals surface area contributed by atoms with Gasteiger partial charge >= 0.3 is 6.18 Å². The van der Waals surface area contributed by atoms with Crippen LogP contribution >= 0.6 is 11.3 Å². The topological polar surface area (TPSA) is 41.1 Å². The minimum atomic E-state index is -4.49. The third kappa shape index (κ3) is 3.38. The monoisotopic (exact) mass is 302 g/mol. The molecule has 0 saturated heterocycles. The summed E-state index contributed by atoms with van der Waals surface area (Å²) in [6.45, 7) is 0.487. The second kappa shape index (κ2) is 5.66. The van der Waals surface area contributed by atoms with Gasteiger partial charge < -0.3 is 10.2 Å². The lowest BCUT2D eigenvalue weighted by molar-refractivity contribution is -0.141. The van der Waals surface area contributed by atoms with Crippen LogP contribution in [0.3, 0.4) is 0 Å². The van der Waals surface area contributed by atoms with Crippen LogP contribution in [0.2, 0.25) is 0 Å². The van der Waals surface area contributed by atoms with E-state index in [2.05, 4.69) is 15.3 Å². The zero-order chi connectivity index (χ0) is 14.8. The molecule has 0 aliphatic rings. The molecule has 0 unspecified atom stereocenters. The fourth-order valence-electron chi connectivity index (χ4n) is 1.62. The molecule has 0 spiro atoms. The number of nitrogens with zero attached hydrogens (tertiary/aromatic N) is 3. The first kappa shape index (κ1) is 14.6. The molecule has 8 heteroatoms. The quantitative estimate of drug-likeness (QED) is 0.941. The normalized spacial score (nSPS) is 11.4. The Bertz CT molecular complexity index is 569. The van der Waals surface area contributed by atoms with Crippen molar-refractivity contribution in [2.75, 3.05) is 24.3 Å². The molecule has 0 fully saturated rings. The van der Waals surface area contributed by atoms with Crippen LogP contribution in [0.5, 0.6) is 0 Å². The van der Waals surface area contributed by atoms with Gasteiger partial charge in [-0.25, -0.2) is 4.98 Å². The highest BCUT2D eigenvalue weighted by Gasteiger charge is 2.34. The standard InChI is InChI=1S/C12H13F3N4S/c1-16-11-17-9(12(13,14)15)5-10(18-11)19(2)6-8-3-4-20-7-8/h3-5,7H,6H2,1-2H3,(H,16,17,18). The summed E-state index contributed by atoms with van der Waals surface area (Å²) in [6.07, 6.45) is -4.49.